The topological polar surface area (TPSA) is 95.5 Å². The highest BCUT2D eigenvalue weighted by atomic mass is 19.1. The molecule has 1 unspecified atom stereocenters. The number of nitrogens with one attached hydrogen (secondary N) is 2. The molecule has 1 atom stereocenters. The third-order valence-electron chi connectivity index (χ3n) is 4.17. The van der Waals surface area contributed by atoms with Gasteiger partial charge in [-0.1, -0.05) is 25.0 Å². The number of rotatable bonds is 7. The normalized spacial score (nSPS) is 15.7. The minimum atomic E-state index is -1.55. The first-order valence-corrected chi connectivity index (χ1v) is 7.97. The predicted octanol–water partition coefficient (Wildman–Crippen LogP) is 1.65. The zero-order valence-corrected chi connectivity index (χ0v) is 13.3. The lowest BCUT2D eigenvalue weighted by molar-refractivity contribution is -0.139. The van der Waals surface area contributed by atoms with Crippen LogP contribution in [0, 0.1) is 5.92 Å². The predicted molar refractivity (Wildman–Crippen MR) is 85.1 cm³/mol. The maximum Gasteiger partial charge on any atom is 0.328 e. The Morgan fingerprint density at radius 2 is 1.79 bits per heavy atom. The number of carbonyl (C=O) groups excluding carboxylic acids is 2. The van der Waals surface area contributed by atoms with Gasteiger partial charge in [0.25, 0.3) is 5.91 Å². The van der Waals surface area contributed by atoms with Crippen molar-refractivity contribution >= 4 is 17.8 Å². The SMILES string of the molecule is O=C(NC(CF)C(=O)O)c1ccc(CNC(=O)C2CCCC2)cc1. The van der Waals surface area contributed by atoms with E-state index in [2.05, 4.69) is 10.6 Å². The van der Waals surface area contributed by atoms with Crippen LogP contribution in [0.15, 0.2) is 24.3 Å². The van der Waals surface area contributed by atoms with Crippen LogP contribution in [-0.4, -0.2) is 35.6 Å². The average molecular weight is 336 g/mol. The summed E-state index contributed by atoms with van der Waals surface area (Å²) in [4.78, 5) is 34.5. The van der Waals surface area contributed by atoms with E-state index in [1.807, 2.05) is 0 Å². The van der Waals surface area contributed by atoms with Crippen LogP contribution in [0.3, 0.4) is 0 Å². The van der Waals surface area contributed by atoms with Crippen molar-refractivity contribution in [3.63, 3.8) is 0 Å². The minimum absolute atomic E-state index is 0.0570. The van der Waals surface area contributed by atoms with Crippen LogP contribution < -0.4 is 10.6 Å². The second kappa shape index (κ2) is 8.42. The number of alkyl halides is 1. The summed E-state index contributed by atoms with van der Waals surface area (Å²) in [5.74, 6) is -1.91. The maximum atomic E-state index is 12.5. The van der Waals surface area contributed by atoms with Gasteiger partial charge >= 0.3 is 5.97 Å². The highest BCUT2D eigenvalue weighted by molar-refractivity contribution is 5.96. The van der Waals surface area contributed by atoms with Gasteiger partial charge in [-0.2, -0.15) is 0 Å². The lowest BCUT2D eigenvalue weighted by Crippen LogP contribution is -2.42. The van der Waals surface area contributed by atoms with E-state index in [1.165, 1.54) is 12.1 Å². The molecule has 1 aromatic rings. The highest BCUT2D eigenvalue weighted by Gasteiger charge is 2.22. The van der Waals surface area contributed by atoms with Gasteiger partial charge in [0.15, 0.2) is 6.04 Å². The van der Waals surface area contributed by atoms with Crippen molar-refractivity contribution in [1.82, 2.24) is 10.6 Å². The molecule has 130 valence electrons. The second-order valence-electron chi connectivity index (χ2n) is 5.91. The Bertz CT molecular complexity index is 597. The number of halogens is 1. The molecule has 0 radical (unpaired) electrons. The van der Waals surface area contributed by atoms with E-state index in [0.29, 0.717) is 6.54 Å². The van der Waals surface area contributed by atoms with Gasteiger partial charge in [0, 0.05) is 18.0 Å². The van der Waals surface area contributed by atoms with Gasteiger partial charge in [-0.15, -0.1) is 0 Å². The third kappa shape index (κ3) is 4.78. The van der Waals surface area contributed by atoms with E-state index in [1.54, 1.807) is 12.1 Å². The third-order valence-corrected chi connectivity index (χ3v) is 4.17. The van der Waals surface area contributed by atoms with E-state index in [4.69, 9.17) is 5.11 Å². The molecular weight excluding hydrogens is 315 g/mol. The fourth-order valence-electron chi connectivity index (χ4n) is 2.70. The second-order valence-corrected chi connectivity index (χ2v) is 5.91. The molecule has 1 aromatic carbocycles. The zero-order valence-electron chi connectivity index (χ0n) is 13.3. The van der Waals surface area contributed by atoms with Crippen LogP contribution in [0.25, 0.3) is 0 Å². The monoisotopic (exact) mass is 336 g/mol. The van der Waals surface area contributed by atoms with E-state index in [-0.39, 0.29) is 17.4 Å². The smallest absolute Gasteiger partial charge is 0.328 e. The molecule has 2 amide bonds. The van der Waals surface area contributed by atoms with E-state index in [9.17, 15) is 18.8 Å². The van der Waals surface area contributed by atoms with Gasteiger partial charge in [-0.3, -0.25) is 9.59 Å². The van der Waals surface area contributed by atoms with Gasteiger partial charge in [0.1, 0.15) is 6.67 Å². The number of amides is 2. The molecule has 0 bridgehead atoms. The Kier molecular flexibility index (Phi) is 6.28. The minimum Gasteiger partial charge on any atom is -0.480 e. The van der Waals surface area contributed by atoms with Gasteiger partial charge < -0.3 is 15.7 Å². The molecule has 0 aliphatic heterocycles. The summed E-state index contributed by atoms with van der Waals surface area (Å²) < 4.78 is 12.5. The Balaban J connectivity index is 1.86. The first-order chi connectivity index (χ1) is 11.5. The number of carboxylic acids is 1. The molecule has 0 heterocycles. The van der Waals surface area contributed by atoms with Crippen LogP contribution in [0.2, 0.25) is 0 Å². The molecule has 1 fully saturated rings. The summed E-state index contributed by atoms with van der Waals surface area (Å²) in [5, 5.41) is 13.7. The van der Waals surface area contributed by atoms with Crippen molar-refractivity contribution in [2.24, 2.45) is 5.92 Å². The molecule has 1 saturated carbocycles. The van der Waals surface area contributed by atoms with Gasteiger partial charge in [-0.05, 0) is 30.5 Å². The molecule has 2 rings (SSSR count). The number of hydrogen-bond acceptors (Lipinski definition) is 3. The molecule has 24 heavy (non-hydrogen) atoms. The molecule has 3 N–H and O–H groups in total. The van der Waals surface area contributed by atoms with Crippen molar-refractivity contribution in [2.45, 2.75) is 38.3 Å². The van der Waals surface area contributed by atoms with Crippen molar-refractivity contribution in [2.75, 3.05) is 6.67 Å². The molecular formula is C17H21FN2O4. The standard InChI is InChI=1S/C17H21FN2O4/c18-9-14(17(23)24)20-16(22)13-7-5-11(6-8-13)10-19-15(21)12-3-1-2-4-12/h5-8,12,14H,1-4,9-10H2,(H,19,21)(H,20,22)(H,23,24). The fraction of sp³-hybridized carbons (Fsp3) is 0.471. The summed E-state index contributed by atoms with van der Waals surface area (Å²) in [6.07, 6.45) is 4.06. The quantitative estimate of drug-likeness (QED) is 0.705. The van der Waals surface area contributed by atoms with Gasteiger partial charge in [0.2, 0.25) is 5.91 Å². The van der Waals surface area contributed by atoms with Gasteiger partial charge in [-0.25, -0.2) is 9.18 Å². The Labute approximate surface area is 139 Å². The lowest BCUT2D eigenvalue weighted by atomic mass is 10.1. The maximum absolute atomic E-state index is 12.5. The largest absolute Gasteiger partial charge is 0.480 e. The fourth-order valence-corrected chi connectivity index (χ4v) is 2.70. The summed E-state index contributed by atoms with van der Waals surface area (Å²) >= 11 is 0. The van der Waals surface area contributed by atoms with Crippen LogP contribution in [0.5, 0.6) is 0 Å². The molecule has 1 aliphatic rings. The average Bonchev–Trinajstić information content (AvgIpc) is 3.12. The molecule has 7 heteroatoms. The van der Waals surface area contributed by atoms with E-state index >= 15 is 0 Å². The number of carboxylic acid groups (broad SMARTS) is 1. The number of benzene rings is 1. The summed E-state index contributed by atoms with van der Waals surface area (Å²) in [6, 6.07) is 4.83. The molecule has 1 aliphatic carbocycles. The molecule has 0 aromatic heterocycles. The van der Waals surface area contributed by atoms with Crippen LogP contribution >= 0.6 is 0 Å². The number of aliphatic carboxylic acids is 1. The lowest BCUT2D eigenvalue weighted by Gasteiger charge is -2.12. The van der Waals surface area contributed by atoms with Crippen LogP contribution in [-0.2, 0) is 16.1 Å². The van der Waals surface area contributed by atoms with Crippen molar-refractivity contribution < 1.29 is 23.9 Å². The molecule has 6 nitrogen and oxygen atoms in total. The first kappa shape index (κ1) is 17.9. The first-order valence-electron chi connectivity index (χ1n) is 7.97. The van der Waals surface area contributed by atoms with Crippen molar-refractivity contribution in [1.29, 1.82) is 0 Å². The van der Waals surface area contributed by atoms with Crippen LogP contribution in [0.1, 0.15) is 41.6 Å². The molecule has 0 saturated heterocycles. The van der Waals surface area contributed by atoms with Crippen molar-refractivity contribution in [3.05, 3.63) is 35.4 Å². The Morgan fingerprint density at radius 1 is 1.17 bits per heavy atom. The van der Waals surface area contributed by atoms with Crippen molar-refractivity contribution in [3.8, 4) is 0 Å². The number of carbonyl (C=O) groups is 3. The zero-order chi connectivity index (χ0) is 17.5. The van der Waals surface area contributed by atoms with E-state index in [0.717, 1.165) is 31.2 Å². The number of hydrogen-bond donors (Lipinski definition) is 3. The Morgan fingerprint density at radius 3 is 2.33 bits per heavy atom. The van der Waals surface area contributed by atoms with E-state index < -0.39 is 24.6 Å². The summed E-state index contributed by atoms with van der Waals surface area (Å²) in [6.45, 7) is -0.800. The Hall–Kier alpha value is -2.44. The summed E-state index contributed by atoms with van der Waals surface area (Å²) in [5.41, 5.74) is 1.07. The highest BCUT2D eigenvalue weighted by Crippen LogP contribution is 2.24. The molecule has 0 spiro atoms. The summed E-state index contributed by atoms with van der Waals surface area (Å²) in [7, 11) is 0. The van der Waals surface area contributed by atoms with Crippen LogP contribution in [0.4, 0.5) is 4.39 Å². The van der Waals surface area contributed by atoms with Gasteiger partial charge in [0.05, 0.1) is 0 Å².